The van der Waals surface area contributed by atoms with Crippen molar-refractivity contribution in [2.24, 2.45) is 0 Å². The first kappa shape index (κ1) is 20.7. The van der Waals surface area contributed by atoms with E-state index in [0.29, 0.717) is 25.9 Å². The van der Waals surface area contributed by atoms with Gasteiger partial charge >= 0.3 is 6.09 Å². The fraction of sp³-hybridized carbons (Fsp3) is 0.476. The molecule has 1 atom stereocenters. The number of hydroxylamine groups is 1. The Hall–Kier alpha value is -3.05. The lowest BCUT2D eigenvalue weighted by Gasteiger charge is -2.37. The lowest BCUT2D eigenvalue weighted by Crippen LogP contribution is -2.48. The molecule has 2 aliphatic heterocycles. The van der Waals surface area contributed by atoms with Crippen LogP contribution in [-0.4, -0.2) is 42.1 Å². The molecule has 1 fully saturated rings. The van der Waals surface area contributed by atoms with Crippen molar-refractivity contribution >= 4 is 12.0 Å². The first-order valence-electron chi connectivity index (χ1n) is 9.90. The van der Waals surface area contributed by atoms with Crippen LogP contribution >= 0.6 is 0 Å². The Bertz CT molecular complexity index is 795. The summed E-state index contributed by atoms with van der Waals surface area (Å²) in [5.41, 5.74) is 3.10. The predicted octanol–water partition coefficient (Wildman–Crippen LogP) is 2.56. The number of alkyl carbamates (subject to hydrolysis) is 1. The maximum absolute atomic E-state index is 13.0. The van der Waals surface area contributed by atoms with Gasteiger partial charge in [0.2, 0.25) is 11.8 Å². The van der Waals surface area contributed by atoms with Crippen LogP contribution in [0, 0.1) is 11.3 Å². The summed E-state index contributed by atoms with van der Waals surface area (Å²) in [5.74, 6) is 0.228. The summed E-state index contributed by atoms with van der Waals surface area (Å²) >= 11 is 0. The number of nitrogens with zero attached hydrogens (tertiary/aromatic N) is 2. The molecule has 0 aromatic heterocycles. The van der Waals surface area contributed by atoms with Crippen LogP contribution < -0.4 is 10.8 Å². The molecule has 2 heterocycles. The third kappa shape index (κ3) is 5.06. The van der Waals surface area contributed by atoms with E-state index in [-0.39, 0.29) is 30.7 Å². The fourth-order valence-corrected chi connectivity index (χ4v) is 3.67. The maximum Gasteiger partial charge on any atom is 0.413 e. The smallest absolute Gasteiger partial charge is 0.392 e. The summed E-state index contributed by atoms with van der Waals surface area (Å²) in [4.78, 5) is 32.3. The highest BCUT2D eigenvalue weighted by molar-refractivity contribution is 5.83. The van der Waals surface area contributed by atoms with Crippen molar-refractivity contribution in [1.29, 1.82) is 5.26 Å². The van der Waals surface area contributed by atoms with Crippen molar-refractivity contribution in [2.75, 3.05) is 19.6 Å². The van der Waals surface area contributed by atoms with E-state index in [2.05, 4.69) is 10.8 Å². The van der Waals surface area contributed by atoms with E-state index in [1.54, 1.807) is 6.08 Å². The molecule has 2 N–H and O–H groups in total. The number of carbonyl (C=O) groups excluding carboxylic acids is 2. The summed E-state index contributed by atoms with van der Waals surface area (Å²) in [7, 11) is 0. The highest BCUT2D eigenvalue weighted by Crippen LogP contribution is 2.33. The molecular weight excluding hydrogens is 372 g/mol. The fourth-order valence-electron chi connectivity index (χ4n) is 3.67. The van der Waals surface area contributed by atoms with Crippen LogP contribution in [0.3, 0.4) is 0 Å². The van der Waals surface area contributed by atoms with Gasteiger partial charge in [-0.1, -0.05) is 37.3 Å². The molecule has 3 rings (SSSR count). The van der Waals surface area contributed by atoms with Gasteiger partial charge in [0.25, 0.3) is 0 Å². The van der Waals surface area contributed by atoms with Gasteiger partial charge in [-0.05, 0) is 12.0 Å². The normalized spacial score (nSPS) is 18.3. The zero-order valence-electron chi connectivity index (χ0n) is 16.5. The second-order valence-corrected chi connectivity index (χ2v) is 7.20. The number of hydrogen-bond acceptors (Lipinski definition) is 6. The molecule has 1 saturated heterocycles. The minimum atomic E-state index is -0.638. The Labute approximate surface area is 170 Å². The van der Waals surface area contributed by atoms with Crippen LogP contribution in [0.25, 0.3) is 0 Å². The predicted molar refractivity (Wildman–Crippen MR) is 105 cm³/mol. The molecule has 0 radical (unpaired) electrons. The topological polar surface area (TPSA) is 104 Å². The van der Waals surface area contributed by atoms with Gasteiger partial charge in [-0.25, -0.2) is 10.3 Å². The second kappa shape index (κ2) is 9.43. The number of benzene rings is 1. The molecule has 0 aliphatic carbocycles. The van der Waals surface area contributed by atoms with Crippen molar-refractivity contribution < 1.29 is 19.2 Å². The molecule has 29 heavy (non-hydrogen) atoms. The Morgan fingerprint density at radius 2 is 2.07 bits per heavy atom. The van der Waals surface area contributed by atoms with Gasteiger partial charge in [0.15, 0.2) is 0 Å². The summed E-state index contributed by atoms with van der Waals surface area (Å²) < 4.78 is 5.16. The molecule has 1 spiro atoms. The quantitative estimate of drug-likeness (QED) is 0.714. The van der Waals surface area contributed by atoms with Gasteiger partial charge in [0.1, 0.15) is 5.60 Å². The molecule has 0 saturated carbocycles. The van der Waals surface area contributed by atoms with E-state index < -0.39 is 11.7 Å². The van der Waals surface area contributed by atoms with Crippen molar-refractivity contribution in [1.82, 2.24) is 15.7 Å². The average Bonchev–Trinajstić information content (AvgIpc) is 3.12. The minimum absolute atomic E-state index is 0.136. The van der Waals surface area contributed by atoms with Crippen molar-refractivity contribution in [2.45, 2.75) is 44.1 Å². The molecule has 8 nitrogen and oxygen atoms in total. The van der Waals surface area contributed by atoms with E-state index in [9.17, 15) is 9.59 Å². The van der Waals surface area contributed by atoms with Crippen molar-refractivity contribution in [3.63, 3.8) is 0 Å². The van der Waals surface area contributed by atoms with E-state index in [1.165, 1.54) is 0 Å². The molecule has 2 amide bonds. The number of rotatable bonds is 6. The molecule has 8 heteroatoms. The third-order valence-electron chi connectivity index (χ3n) is 5.29. The molecule has 1 unspecified atom stereocenters. The number of amides is 2. The number of nitrogens with one attached hydrogen (secondary N) is 2. The summed E-state index contributed by atoms with van der Waals surface area (Å²) in [6, 6.07) is 11.8. The highest BCUT2D eigenvalue weighted by atomic mass is 16.7. The van der Waals surface area contributed by atoms with Crippen LogP contribution in [0.2, 0.25) is 0 Å². The summed E-state index contributed by atoms with van der Waals surface area (Å²) in [6.45, 7) is 3.40. The van der Waals surface area contributed by atoms with Gasteiger partial charge in [-0.3, -0.25) is 9.63 Å². The molecule has 1 aromatic carbocycles. The molecule has 154 valence electrons. The number of nitriles is 1. The van der Waals surface area contributed by atoms with Crippen LogP contribution in [-0.2, 0) is 14.4 Å². The van der Waals surface area contributed by atoms with Crippen molar-refractivity contribution in [3.05, 3.63) is 47.9 Å². The molecule has 1 aromatic rings. The Morgan fingerprint density at radius 3 is 2.72 bits per heavy atom. The maximum atomic E-state index is 13.0. The summed E-state index contributed by atoms with van der Waals surface area (Å²) in [6.07, 6.45) is 3.31. The van der Waals surface area contributed by atoms with E-state index >= 15 is 0 Å². The number of carbonyl (C=O) groups is 2. The Morgan fingerprint density at radius 1 is 1.34 bits per heavy atom. The molecule has 0 bridgehead atoms. The standard InChI is InChI=1S/C21H26N4O4/c1-2-17(16-7-4-3-5-8-16)19(26)25-13-9-21(10-14-25)15-18(24-29-21)28-20(27)23-12-6-11-22/h3-5,7-8,15,17,24H,2,6,9-10,12-14H2,1H3,(H,23,27). The number of likely N-dealkylation sites (tertiary alicyclic amines) is 1. The van der Waals surface area contributed by atoms with Gasteiger partial charge in [0.05, 0.1) is 18.4 Å². The van der Waals surface area contributed by atoms with E-state index in [1.807, 2.05) is 48.2 Å². The van der Waals surface area contributed by atoms with Crippen LogP contribution in [0.1, 0.15) is 44.1 Å². The first-order chi connectivity index (χ1) is 14.1. The summed E-state index contributed by atoms with van der Waals surface area (Å²) in [5, 5.41) is 11.0. The van der Waals surface area contributed by atoms with Gasteiger partial charge in [-0.2, -0.15) is 5.26 Å². The lowest BCUT2D eigenvalue weighted by atomic mass is 9.89. The third-order valence-corrected chi connectivity index (χ3v) is 5.29. The second-order valence-electron chi connectivity index (χ2n) is 7.20. The number of ether oxygens (including phenoxy) is 1. The number of hydrogen-bond donors (Lipinski definition) is 2. The Kier molecular flexibility index (Phi) is 6.73. The zero-order chi connectivity index (χ0) is 20.7. The zero-order valence-corrected chi connectivity index (χ0v) is 16.5. The van der Waals surface area contributed by atoms with Gasteiger partial charge < -0.3 is 15.0 Å². The monoisotopic (exact) mass is 398 g/mol. The minimum Gasteiger partial charge on any atom is -0.392 e. The van der Waals surface area contributed by atoms with Gasteiger partial charge in [-0.15, -0.1) is 0 Å². The van der Waals surface area contributed by atoms with E-state index in [0.717, 1.165) is 12.0 Å². The first-order valence-corrected chi connectivity index (χ1v) is 9.90. The van der Waals surface area contributed by atoms with E-state index in [4.69, 9.17) is 14.8 Å². The lowest BCUT2D eigenvalue weighted by molar-refractivity contribution is -0.139. The average molecular weight is 398 g/mol. The van der Waals surface area contributed by atoms with Crippen LogP contribution in [0.4, 0.5) is 4.79 Å². The van der Waals surface area contributed by atoms with Crippen molar-refractivity contribution in [3.8, 4) is 6.07 Å². The largest absolute Gasteiger partial charge is 0.413 e. The van der Waals surface area contributed by atoms with Crippen LogP contribution in [0.15, 0.2) is 42.3 Å². The SMILES string of the molecule is CCC(C(=O)N1CCC2(C=C(OC(=O)NCCC#N)NO2)CC1)c1ccccc1. The Balaban J connectivity index is 1.54. The molecule has 2 aliphatic rings. The van der Waals surface area contributed by atoms with Gasteiger partial charge in [0, 0.05) is 38.6 Å². The number of piperidine rings is 1. The highest BCUT2D eigenvalue weighted by Gasteiger charge is 2.41. The molecular formula is C21H26N4O4. The van der Waals surface area contributed by atoms with Crippen LogP contribution in [0.5, 0.6) is 0 Å².